The predicted octanol–water partition coefficient (Wildman–Crippen LogP) is 6.81. The average molecular weight is 597 g/mol. The third kappa shape index (κ3) is 7.85. The first-order valence-corrected chi connectivity index (χ1v) is 15.6. The van der Waals surface area contributed by atoms with Crippen LogP contribution in [0.3, 0.4) is 0 Å². The summed E-state index contributed by atoms with van der Waals surface area (Å²) in [7, 11) is 3.23. The first-order valence-electron chi connectivity index (χ1n) is 15.6. The number of benzene rings is 3. The van der Waals surface area contributed by atoms with Crippen LogP contribution in [0.1, 0.15) is 66.0 Å². The quantitative estimate of drug-likeness (QED) is 0.178. The molecule has 5 rings (SSSR count). The zero-order chi connectivity index (χ0) is 31.1. The molecule has 1 aliphatic rings. The van der Waals surface area contributed by atoms with E-state index in [0.717, 1.165) is 60.3 Å². The lowest BCUT2D eigenvalue weighted by Crippen LogP contribution is -2.47. The Hall–Kier alpha value is -4.17. The molecular weight excluding hydrogens is 552 g/mol. The summed E-state index contributed by atoms with van der Waals surface area (Å²) in [5.41, 5.74) is 4.81. The van der Waals surface area contributed by atoms with Gasteiger partial charge >= 0.3 is 0 Å². The van der Waals surface area contributed by atoms with Crippen LogP contribution < -0.4 is 9.47 Å². The van der Waals surface area contributed by atoms with E-state index in [9.17, 15) is 4.79 Å². The Bertz CT molecular complexity index is 1510. The van der Waals surface area contributed by atoms with Gasteiger partial charge in [0.15, 0.2) is 11.5 Å². The molecule has 4 aromatic rings. The molecule has 0 aliphatic carbocycles. The van der Waals surface area contributed by atoms with Crippen LogP contribution in [0.5, 0.6) is 11.5 Å². The van der Waals surface area contributed by atoms with Gasteiger partial charge < -0.3 is 23.8 Å². The minimum atomic E-state index is 0.0904. The van der Waals surface area contributed by atoms with Crippen molar-refractivity contribution >= 4 is 5.91 Å². The maximum absolute atomic E-state index is 13.8. The number of hydrogen-bond donors (Lipinski definition) is 0. The van der Waals surface area contributed by atoms with E-state index in [1.165, 1.54) is 6.42 Å². The lowest BCUT2D eigenvalue weighted by atomic mass is 9.99. The summed E-state index contributed by atoms with van der Waals surface area (Å²) in [6.45, 7) is 10.3. The summed E-state index contributed by atoms with van der Waals surface area (Å²) in [6, 6.07) is 22.0. The normalized spacial score (nSPS) is 14.1. The molecule has 0 saturated carbocycles. The van der Waals surface area contributed by atoms with Crippen LogP contribution in [-0.4, -0.2) is 65.7 Å². The van der Waals surface area contributed by atoms with Gasteiger partial charge in [-0.3, -0.25) is 4.79 Å². The molecule has 8 heteroatoms. The molecule has 8 nitrogen and oxygen atoms in total. The number of aromatic nitrogens is 2. The number of methoxy groups -OCH3 is 2. The highest BCUT2D eigenvalue weighted by Crippen LogP contribution is 2.29. The van der Waals surface area contributed by atoms with Crippen molar-refractivity contribution in [3.05, 3.63) is 94.9 Å². The number of carbonyl (C=O) groups excluding carboxylic acids is 1. The highest BCUT2D eigenvalue weighted by molar-refractivity contribution is 5.94. The molecule has 1 saturated heterocycles. The maximum atomic E-state index is 13.8. The fraction of sp³-hybridized carbons (Fsp3) is 0.417. The van der Waals surface area contributed by atoms with Crippen molar-refractivity contribution in [1.29, 1.82) is 0 Å². The monoisotopic (exact) mass is 596 g/mol. The fourth-order valence-corrected chi connectivity index (χ4v) is 5.69. The van der Waals surface area contributed by atoms with Crippen molar-refractivity contribution in [2.45, 2.75) is 59.0 Å². The number of amides is 1. The molecule has 44 heavy (non-hydrogen) atoms. The summed E-state index contributed by atoms with van der Waals surface area (Å²) in [5.74, 6) is 3.18. The van der Waals surface area contributed by atoms with Gasteiger partial charge in [0.05, 0.1) is 20.6 Å². The Morgan fingerprint density at radius 3 is 2.30 bits per heavy atom. The highest BCUT2D eigenvalue weighted by atomic mass is 16.5. The Morgan fingerprint density at radius 1 is 0.955 bits per heavy atom. The summed E-state index contributed by atoms with van der Waals surface area (Å²) in [5, 5.41) is 4.22. The van der Waals surface area contributed by atoms with E-state index in [0.29, 0.717) is 42.1 Å². The molecule has 1 aromatic heterocycles. The maximum Gasteiger partial charge on any atom is 0.254 e. The predicted molar refractivity (Wildman–Crippen MR) is 172 cm³/mol. The number of rotatable bonds is 12. The third-order valence-corrected chi connectivity index (χ3v) is 8.42. The second kappa shape index (κ2) is 14.5. The van der Waals surface area contributed by atoms with Gasteiger partial charge in [-0.2, -0.15) is 4.98 Å². The Kier molecular flexibility index (Phi) is 10.3. The molecule has 2 heterocycles. The molecule has 1 fully saturated rings. The van der Waals surface area contributed by atoms with Crippen LogP contribution in [0.4, 0.5) is 0 Å². The van der Waals surface area contributed by atoms with Crippen LogP contribution in [0.25, 0.3) is 11.4 Å². The van der Waals surface area contributed by atoms with Crippen LogP contribution in [0, 0.1) is 12.8 Å². The molecular formula is C36H44N4O4. The molecule has 3 aromatic carbocycles. The highest BCUT2D eigenvalue weighted by Gasteiger charge is 2.29. The van der Waals surface area contributed by atoms with E-state index < -0.39 is 0 Å². The molecule has 1 aliphatic heterocycles. The molecule has 0 radical (unpaired) electrons. The van der Waals surface area contributed by atoms with Crippen LogP contribution in [-0.2, 0) is 13.0 Å². The largest absolute Gasteiger partial charge is 0.493 e. The van der Waals surface area contributed by atoms with Crippen LogP contribution in [0.15, 0.2) is 71.3 Å². The number of hydrogen-bond acceptors (Lipinski definition) is 7. The molecule has 0 bridgehead atoms. The topological polar surface area (TPSA) is 80.9 Å². The number of ether oxygens (including phenoxy) is 2. The Balaban J connectivity index is 1.28. The van der Waals surface area contributed by atoms with Crippen molar-refractivity contribution in [3.8, 4) is 22.9 Å². The van der Waals surface area contributed by atoms with E-state index in [1.54, 1.807) is 14.2 Å². The lowest BCUT2D eigenvalue weighted by molar-refractivity contribution is 0.0546. The molecule has 1 amide bonds. The van der Waals surface area contributed by atoms with Crippen molar-refractivity contribution in [2.75, 3.05) is 33.9 Å². The molecule has 232 valence electrons. The van der Waals surface area contributed by atoms with E-state index in [1.807, 2.05) is 61.5 Å². The molecule has 0 atom stereocenters. The molecule has 0 unspecified atom stereocenters. The third-order valence-electron chi connectivity index (χ3n) is 8.42. The summed E-state index contributed by atoms with van der Waals surface area (Å²) in [6.07, 6.45) is 3.66. The van der Waals surface area contributed by atoms with Gasteiger partial charge in [-0.1, -0.05) is 67.0 Å². The van der Waals surface area contributed by atoms with Gasteiger partial charge in [0.25, 0.3) is 5.91 Å². The van der Waals surface area contributed by atoms with Gasteiger partial charge in [0.1, 0.15) is 0 Å². The van der Waals surface area contributed by atoms with Gasteiger partial charge in [-0.15, -0.1) is 0 Å². The van der Waals surface area contributed by atoms with Gasteiger partial charge in [-0.25, -0.2) is 0 Å². The second-order valence-corrected chi connectivity index (χ2v) is 12.1. The summed E-state index contributed by atoms with van der Waals surface area (Å²) in [4.78, 5) is 23.1. The van der Waals surface area contributed by atoms with Gasteiger partial charge in [0, 0.05) is 36.8 Å². The average Bonchev–Trinajstić information content (AvgIpc) is 3.51. The lowest BCUT2D eigenvalue weighted by Gasteiger charge is -2.39. The SMILES string of the molecule is COc1ccc(Cc2nc(-c3ccc(CN(C(=O)c4ccc(C)cc4)C4CCN(CCC(C)C)CC4)cc3)no2)cc1OC. The van der Waals surface area contributed by atoms with E-state index in [-0.39, 0.29) is 11.9 Å². The Morgan fingerprint density at radius 2 is 1.64 bits per heavy atom. The van der Waals surface area contributed by atoms with Crippen molar-refractivity contribution in [1.82, 2.24) is 19.9 Å². The number of likely N-dealkylation sites (tertiary alicyclic amines) is 1. The summed E-state index contributed by atoms with van der Waals surface area (Å²) >= 11 is 0. The van der Waals surface area contributed by atoms with E-state index in [4.69, 9.17) is 14.0 Å². The number of nitrogens with zero attached hydrogens (tertiary/aromatic N) is 4. The van der Waals surface area contributed by atoms with Crippen molar-refractivity contribution < 1.29 is 18.8 Å². The van der Waals surface area contributed by atoms with Crippen LogP contribution >= 0.6 is 0 Å². The standard InChI is InChI=1S/C36H44N4O4/c1-25(2)16-19-39-20-17-31(18-21-39)40(36(41)30-11-6-26(3)7-12-30)24-27-8-13-29(14-9-27)35-37-34(44-38-35)23-28-10-15-32(42-4)33(22-28)43-5/h6-15,22,25,31H,16-21,23-24H2,1-5H3. The first kappa shape index (κ1) is 31.3. The van der Waals surface area contributed by atoms with Gasteiger partial charge in [-0.05, 0) is 74.0 Å². The van der Waals surface area contributed by atoms with E-state index >= 15 is 0 Å². The molecule has 0 spiro atoms. The van der Waals surface area contributed by atoms with Crippen molar-refractivity contribution in [2.24, 2.45) is 5.92 Å². The minimum absolute atomic E-state index is 0.0904. The fourth-order valence-electron chi connectivity index (χ4n) is 5.69. The Labute approximate surface area is 261 Å². The second-order valence-electron chi connectivity index (χ2n) is 12.1. The zero-order valence-electron chi connectivity index (χ0n) is 26.6. The minimum Gasteiger partial charge on any atom is -0.493 e. The first-order chi connectivity index (χ1) is 21.3. The summed E-state index contributed by atoms with van der Waals surface area (Å²) < 4.78 is 16.3. The number of aryl methyl sites for hydroxylation is 1. The smallest absolute Gasteiger partial charge is 0.254 e. The van der Waals surface area contributed by atoms with Gasteiger partial charge in [0.2, 0.25) is 11.7 Å². The number of carbonyl (C=O) groups is 1. The van der Waals surface area contributed by atoms with Crippen LogP contribution in [0.2, 0.25) is 0 Å². The van der Waals surface area contributed by atoms with Crippen molar-refractivity contribution in [3.63, 3.8) is 0 Å². The van der Waals surface area contributed by atoms with E-state index in [2.05, 4.69) is 45.9 Å². The molecule has 0 N–H and O–H groups in total. The number of piperidine rings is 1. The zero-order valence-corrected chi connectivity index (χ0v) is 26.6.